The van der Waals surface area contributed by atoms with Gasteiger partial charge in [-0.3, -0.25) is 15.3 Å². The summed E-state index contributed by atoms with van der Waals surface area (Å²) in [4.78, 5) is 8.66. The number of nitrogens with zero attached hydrogens (tertiary/aromatic N) is 3. The second-order valence-corrected chi connectivity index (χ2v) is 4.37. The summed E-state index contributed by atoms with van der Waals surface area (Å²) in [6.45, 7) is 4.73. The van der Waals surface area contributed by atoms with Crippen molar-refractivity contribution < 1.29 is 5.11 Å². The number of pyridine rings is 1. The molecule has 98 valence electrons. The molecular formula is C12H19N5O. The predicted molar refractivity (Wildman–Crippen MR) is 71.0 cm³/mol. The van der Waals surface area contributed by atoms with Crippen LogP contribution >= 0.6 is 0 Å². The molecule has 0 spiro atoms. The molecule has 4 N–H and O–H groups in total. The SMILES string of the molecule is N=C(N)c1ccc(N2CCN(CCO)CC2)cn1. The minimum absolute atomic E-state index is 0.00526. The van der Waals surface area contributed by atoms with Crippen LogP contribution < -0.4 is 10.6 Å². The molecule has 0 atom stereocenters. The number of anilines is 1. The van der Waals surface area contributed by atoms with Crippen LogP contribution in [0.5, 0.6) is 0 Å². The third kappa shape index (κ3) is 2.96. The van der Waals surface area contributed by atoms with Gasteiger partial charge in [-0.15, -0.1) is 0 Å². The van der Waals surface area contributed by atoms with E-state index in [1.54, 1.807) is 12.3 Å². The lowest BCUT2D eigenvalue weighted by Gasteiger charge is -2.35. The molecule has 0 aromatic carbocycles. The van der Waals surface area contributed by atoms with Gasteiger partial charge in [0.05, 0.1) is 18.5 Å². The lowest BCUT2D eigenvalue weighted by molar-refractivity contribution is 0.189. The third-order valence-corrected chi connectivity index (χ3v) is 3.18. The molecule has 1 fully saturated rings. The predicted octanol–water partition coefficient (Wildman–Crippen LogP) is -0.520. The fourth-order valence-electron chi connectivity index (χ4n) is 2.10. The largest absolute Gasteiger partial charge is 0.395 e. The quantitative estimate of drug-likeness (QED) is 0.493. The van der Waals surface area contributed by atoms with Gasteiger partial charge in [0, 0.05) is 32.7 Å². The van der Waals surface area contributed by atoms with Crippen molar-refractivity contribution in [1.29, 1.82) is 5.41 Å². The Morgan fingerprint density at radius 1 is 1.33 bits per heavy atom. The highest BCUT2D eigenvalue weighted by Gasteiger charge is 2.16. The van der Waals surface area contributed by atoms with E-state index in [1.807, 2.05) is 6.07 Å². The molecule has 0 radical (unpaired) electrons. The Labute approximate surface area is 107 Å². The molecule has 1 aliphatic rings. The van der Waals surface area contributed by atoms with Crippen LogP contribution in [0.3, 0.4) is 0 Å². The van der Waals surface area contributed by atoms with Gasteiger partial charge in [-0.25, -0.2) is 0 Å². The van der Waals surface area contributed by atoms with Crippen molar-refractivity contribution in [3.8, 4) is 0 Å². The van der Waals surface area contributed by atoms with E-state index < -0.39 is 0 Å². The molecule has 1 aliphatic heterocycles. The summed E-state index contributed by atoms with van der Waals surface area (Å²) in [7, 11) is 0. The standard InChI is InChI=1S/C12H19N5O/c13-12(14)11-2-1-10(9-15-11)17-5-3-16(4-6-17)7-8-18/h1-2,9,18H,3-8H2,(H3,13,14). The number of piperazine rings is 1. The molecule has 0 aliphatic carbocycles. The topological polar surface area (TPSA) is 89.5 Å². The van der Waals surface area contributed by atoms with Gasteiger partial charge in [0.15, 0.2) is 0 Å². The van der Waals surface area contributed by atoms with Crippen LogP contribution in [0.2, 0.25) is 0 Å². The minimum Gasteiger partial charge on any atom is -0.395 e. The molecule has 1 saturated heterocycles. The summed E-state index contributed by atoms with van der Waals surface area (Å²) in [5.74, 6) is -0.00526. The smallest absolute Gasteiger partial charge is 0.141 e. The normalized spacial score (nSPS) is 16.8. The van der Waals surface area contributed by atoms with E-state index in [0.717, 1.165) is 38.4 Å². The highest BCUT2D eigenvalue weighted by Crippen LogP contribution is 2.15. The van der Waals surface area contributed by atoms with Crippen molar-refractivity contribution >= 4 is 11.5 Å². The zero-order valence-corrected chi connectivity index (χ0v) is 10.3. The van der Waals surface area contributed by atoms with Gasteiger partial charge in [0.2, 0.25) is 0 Å². The third-order valence-electron chi connectivity index (χ3n) is 3.18. The first-order valence-electron chi connectivity index (χ1n) is 6.09. The van der Waals surface area contributed by atoms with Crippen molar-refractivity contribution in [3.05, 3.63) is 24.0 Å². The Morgan fingerprint density at radius 2 is 2.06 bits per heavy atom. The Kier molecular flexibility index (Phi) is 4.11. The molecule has 6 heteroatoms. The molecule has 2 heterocycles. The number of hydrogen-bond donors (Lipinski definition) is 3. The van der Waals surface area contributed by atoms with E-state index >= 15 is 0 Å². The second kappa shape index (κ2) is 5.79. The first-order chi connectivity index (χ1) is 8.70. The molecule has 0 unspecified atom stereocenters. The number of nitrogens with two attached hydrogens (primary N) is 1. The molecule has 0 bridgehead atoms. The summed E-state index contributed by atoms with van der Waals surface area (Å²) >= 11 is 0. The summed E-state index contributed by atoms with van der Waals surface area (Å²) in [6.07, 6.45) is 1.76. The van der Waals surface area contributed by atoms with E-state index in [2.05, 4.69) is 14.8 Å². The number of aliphatic hydroxyl groups is 1. The van der Waals surface area contributed by atoms with E-state index in [0.29, 0.717) is 5.69 Å². The molecule has 1 aromatic heterocycles. The van der Waals surface area contributed by atoms with Crippen LogP contribution in [0, 0.1) is 5.41 Å². The Morgan fingerprint density at radius 3 is 2.56 bits per heavy atom. The Balaban J connectivity index is 1.95. The highest BCUT2D eigenvalue weighted by atomic mass is 16.3. The number of hydrogen-bond acceptors (Lipinski definition) is 5. The summed E-state index contributed by atoms with van der Waals surface area (Å²) < 4.78 is 0. The summed E-state index contributed by atoms with van der Waals surface area (Å²) in [5, 5.41) is 16.2. The van der Waals surface area contributed by atoms with Crippen molar-refractivity contribution in [2.45, 2.75) is 0 Å². The molecule has 1 aromatic rings. The van der Waals surface area contributed by atoms with Crippen LogP contribution in [0.4, 0.5) is 5.69 Å². The number of nitrogen functional groups attached to an aromatic ring is 1. The van der Waals surface area contributed by atoms with Gasteiger partial charge >= 0.3 is 0 Å². The van der Waals surface area contributed by atoms with Crippen LogP contribution in [0.1, 0.15) is 5.69 Å². The van der Waals surface area contributed by atoms with Crippen molar-refractivity contribution in [2.75, 3.05) is 44.2 Å². The molecule has 0 amide bonds. The maximum Gasteiger partial charge on any atom is 0.141 e. The van der Waals surface area contributed by atoms with E-state index in [4.69, 9.17) is 16.2 Å². The van der Waals surface area contributed by atoms with Crippen LogP contribution in [0.25, 0.3) is 0 Å². The first kappa shape index (κ1) is 12.8. The van der Waals surface area contributed by atoms with Gasteiger partial charge < -0.3 is 15.7 Å². The lowest BCUT2D eigenvalue weighted by Crippen LogP contribution is -2.47. The molecule has 0 saturated carbocycles. The fraction of sp³-hybridized carbons (Fsp3) is 0.500. The Bertz CT molecular complexity index is 397. The van der Waals surface area contributed by atoms with E-state index in [-0.39, 0.29) is 12.4 Å². The number of amidine groups is 1. The van der Waals surface area contributed by atoms with Gasteiger partial charge in [-0.2, -0.15) is 0 Å². The van der Waals surface area contributed by atoms with Crippen LogP contribution in [-0.4, -0.2) is 60.2 Å². The van der Waals surface area contributed by atoms with Crippen molar-refractivity contribution in [1.82, 2.24) is 9.88 Å². The number of aliphatic hydroxyl groups excluding tert-OH is 1. The van der Waals surface area contributed by atoms with E-state index in [9.17, 15) is 0 Å². The van der Waals surface area contributed by atoms with Gasteiger partial charge in [-0.1, -0.05) is 0 Å². The summed E-state index contributed by atoms with van der Waals surface area (Å²) in [5.41, 5.74) is 6.94. The molecule has 2 rings (SSSR count). The van der Waals surface area contributed by atoms with Crippen molar-refractivity contribution in [2.24, 2.45) is 5.73 Å². The van der Waals surface area contributed by atoms with Crippen molar-refractivity contribution in [3.63, 3.8) is 0 Å². The minimum atomic E-state index is -0.00526. The first-order valence-corrected chi connectivity index (χ1v) is 6.09. The maximum absolute atomic E-state index is 8.89. The number of aromatic nitrogens is 1. The van der Waals surface area contributed by atoms with Crippen LogP contribution in [-0.2, 0) is 0 Å². The highest BCUT2D eigenvalue weighted by molar-refractivity contribution is 5.93. The average molecular weight is 249 g/mol. The molecular weight excluding hydrogens is 230 g/mol. The van der Waals surface area contributed by atoms with Gasteiger partial charge in [0.1, 0.15) is 11.5 Å². The van der Waals surface area contributed by atoms with Gasteiger partial charge in [-0.05, 0) is 12.1 Å². The van der Waals surface area contributed by atoms with Gasteiger partial charge in [0.25, 0.3) is 0 Å². The number of β-amino-alcohol motifs (C(OH)–C–C–N with tert-alkyl or cyclic N) is 1. The maximum atomic E-state index is 8.89. The fourth-order valence-corrected chi connectivity index (χ4v) is 2.10. The lowest BCUT2D eigenvalue weighted by atomic mass is 10.2. The molecule has 18 heavy (non-hydrogen) atoms. The monoisotopic (exact) mass is 249 g/mol. The number of rotatable bonds is 4. The molecule has 6 nitrogen and oxygen atoms in total. The Hall–Kier alpha value is -1.66. The summed E-state index contributed by atoms with van der Waals surface area (Å²) in [6, 6.07) is 3.73. The second-order valence-electron chi connectivity index (χ2n) is 4.37. The van der Waals surface area contributed by atoms with E-state index in [1.165, 1.54) is 0 Å². The zero-order valence-electron chi connectivity index (χ0n) is 10.3. The average Bonchev–Trinajstić information content (AvgIpc) is 2.40. The zero-order chi connectivity index (χ0) is 13.0. The number of nitrogens with one attached hydrogen (secondary N) is 1. The van der Waals surface area contributed by atoms with Crippen LogP contribution in [0.15, 0.2) is 18.3 Å².